The highest BCUT2D eigenvalue weighted by molar-refractivity contribution is 5.66. The Balaban J connectivity index is 2.51. The number of aliphatic imine (C=N–C) groups is 2. The first-order chi connectivity index (χ1) is 14.0. The molecule has 156 valence electrons. The van der Waals surface area contributed by atoms with Gasteiger partial charge >= 0.3 is 0 Å². The van der Waals surface area contributed by atoms with Crippen LogP contribution in [-0.2, 0) is 12.8 Å². The number of aryl methyl sites for hydroxylation is 2. The Morgan fingerprint density at radius 2 is 1.10 bits per heavy atom. The van der Waals surface area contributed by atoms with Crippen LogP contribution in [0.4, 0.5) is 11.4 Å². The van der Waals surface area contributed by atoms with Crippen LogP contribution < -0.4 is 0 Å². The van der Waals surface area contributed by atoms with Crippen molar-refractivity contribution in [1.29, 1.82) is 0 Å². The van der Waals surface area contributed by atoms with Gasteiger partial charge in [0.05, 0.1) is 11.4 Å². The van der Waals surface area contributed by atoms with Gasteiger partial charge in [0, 0.05) is 0 Å². The zero-order chi connectivity index (χ0) is 21.2. The molecule has 2 heteroatoms. The van der Waals surface area contributed by atoms with Crippen LogP contribution in [-0.4, -0.2) is 6.01 Å². The maximum atomic E-state index is 4.78. The minimum Gasteiger partial charge on any atom is -0.187 e. The van der Waals surface area contributed by atoms with E-state index in [1.165, 1.54) is 47.9 Å². The maximum absolute atomic E-state index is 4.78. The standard InChI is InChI=1S/C27H38N2/c1-7-9-13-22-15-11-17-24(20(3)4)26(22)28-19-29-27-23(14-10-8-2)16-12-18-25(27)21(5)6/h11-12,15-18,20-21H,7-10,13-14H2,1-6H3. The molecular formula is C27H38N2. The highest BCUT2D eigenvalue weighted by Crippen LogP contribution is 2.33. The first-order valence-corrected chi connectivity index (χ1v) is 11.4. The van der Waals surface area contributed by atoms with E-state index in [9.17, 15) is 0 Å². The van der Waals surface area contributed by atoms with E-state index in [4.69, 9.17) is 9.98 Å². The van der Waals surface area contributed by atoms with Crippen LogP contribution in [0.1, 0.15) is 101 Å². The van der Waals surface area contributed by atoms with Crippen LogP contribution in [0.3, 0.4) is 0 Å². The summed E-state index contributed by atoms with van der Waals surface area (Å²) in [6, 6.07) is 16.2. The lowest BCUT2D eigenvalue weighted by Crippen LogP contribution is -1.94. The predicted molar refractivity (Wildman–Crippen MR) is 127 cm³/mol. The van der Waals surface area contributed by atoms with Crippen LogP contribution in [0.5, 0.6) is 0 Å². The average Bonchev–Trinajstić information content (AvgIpc) is 2.71. The third kappa shape index (κ3) is 6.41. The Bertz CT molecular complexity index is 772. The van der Waals surface area contributed by atoms with E-state index in [1.54, 1.807) is 0 Å². The molecule has 0 bridgehead atoms. The van der Waals surface area contributed by atoms with Gasteiger partial charge < -0.3 is 0 Å². The largest absolute Gasteiger partial charge is 0.187 e. The van der Waals surface area contributed by atoms with Crippen molar-refractivity contribution in [3.8, 4) is 0 Å². The summed E-state index contributed by atoms with van der Waals surface area (Å²) in [5.74, 6) is 0.861. The number of hydrogen-bond acceptors (Lipinski definition) is 2. The molecule has 0 aliphatic rings. The quantitative estimate of drug-likeness (QED) is 0.362. The predicted octanol–water partition coefficient (Wildman–Crippen LogP) is 8.76. The first kappa shape index (κ1) is 23.1. The molecule has 0 aliphatic heterocycles. The molecule has 2 rings (SSSR count). The molecule has 0 atom stereocenters. The number of unbranched alkanes of at least 4 members (excludes halogenated alkanes) is 2. The van der Waals surface area contributed by atoms with Gasteiger partial charge in [0.2, 0.25) is 0 Å². The minimum atomic E-state index is 0.431. The summed E-state index contributed by atoms with van der Waals surface area (Å²) in [6.07, 6.45) is 6.85. The lowest BCUT2D eigenvalue weighted by Gasteiger charge is -2.13. The van der Waals surface area contributed by atoms with Crippen LogP contribution in [0.15, 0.2) is 46.4 Å². The van der Waals surface area contributed by atoms with E-state index < -0.39 is 0 Å². The molecule has 29 heavy (non-hydrogen) atoms. The fourth-order valence-corrected chi connectivity index (χ4v) is 3.69. The highest BCUT2D eigenvalue weighted by atomic mass is 14.8. The third-order valence-electron chi connectivity index (χ3n) is 5.47. The highest BCUT2D eigenvalue weighted by Gasteiger charge is 2.12. The third-order valence-corrected chi connectivity index (χ3v) is 5.47. The summed E-state index contributed by atoms with van der Waals surface area (Å²) < 4.78 is 0. The Morgan fingerprint density at radius 3 is 1.45 bits per heavy atom. The molecule has 0 aromatic heterocycles. The van der Waals surface area contributed by atoms with Crippen molar-refractivity contribution >= 4 is 17.4 Å². The van der Waals surface area contributed by atoms with Crippen molar-refractivity contribution < 1.29 is 0 Å². The van der Waals surface area contributed by atoms with Gasteiger partial charge in [-0.3, -0.25) is 0 Å². The van der Waals surface area contributed by atoms with E-state index in [-0.39, 0.29) is 0 Å². The van der Waals surface area contributed by atoms with Crippen molar-refractivity contribution in [2.45, 2.75) is 91.9 Å². The zero-order valence-electron chi connectivity index (χ0n) is 19.3. The fourth-order valence-electron chi connectivity index (χ4n) is 3.69. The zero-order valence-corrected chi connectivity index (χ0v) is 19.3. The van der Waals surface area contributed by atoms with Crippen molar-refractivity contribution in [3.63, 3.8) is 0 Å². The van der Waals surface area contributed by atoms with Crippen LogP contribution in [0.2, 0.25) is 0 Å². The van der Waals surface area contributed by atoms with Crippen LogP contribution >= 0.6 is 0 Å². The normalized spacial score (nSPS) is 11.0. The lowest BCUT2D eigenvalue weighted by molar-refractivity contribution is 0.789. The Morgan fingerprint density at radius 1 is 0.690 bits per heavy atom. The van der Waals surface area contributed by atoms with Gasteiger partial charge in [-0.1, -0.05) is 90.8 Å². The number of hydrogen-bond donors (Lipinski definition) is 0. The van der Waals surface area contributed by atoms with Crippen LogP contribution in [0.25, 0.3) is 0 Å². The average molecular weight is 391 g/mol. The van der Waals surface area contributed by atoms with Crippen molar-refractivity contribution in [2.24, 2.45) is 9.98 Å². The molecule has 0 radical (unpaired) electrons. The number of rotatable bonds is 10. The topological polar surface area (TPSA) is 24.7 Å². The smallest absolute Gasteiger partial charge is 0.101 e. The second-order valence-corrected chi connectivity index (χ2v) is 8.55. The molecule has 0 saturated heterocycles. The van der Waals surface area contributed by atoms with Gasteiger partial charge in [-0.25, -0.2) is 0 Å². The van der Waals surface area contributed by atoms with E-state index in [0.29, 0.717) is 11.8 Å². The maximum Gasteiger partial charge on any atom is 0.101 e. The van der Waals surface area contributed by atoms with Gasteiger partial charge in [-0.15, -0.1) is 0 Å². The fraction of sp³-hybridized carbons (Fsp3) is 0.519. The first-order valence-electron chi connectivity index (χ1n) is 11.4. The van der Waals surface area contributed by atoms with E-state index in [0.717, 1.165) is 24.2 Å². The van der Waals surface area contributed by atoms with Crippen molar-refractivity contribution in [1.82, 2.24) is 0 Å². The molecule has 0 unspecified atom stereocenters. The van der Waals surface area contributed by atoms with E-state index in [2.05, 4.69) is 83.9 Å². The molecule has 0 amide bonds. The second kappa shape index (κ2) is 11.7. The molecular weight excluding hydrogens is 352 g/mol. The number of nitrogens with zero attached hydrogens (tertiary/aromatic N) is 2. The summed E-state index contributed by atoms with van der Waals surface area (Å²) in [5, 5.41) is 0. The van der Waals surface area contributed by atoms with Crippen molar-refractivity contribution in [3.05, 3.63) is 58.7 Å². The van der Waals surface area contributed by atoms with Gasteiger partial charge in [0.25, 0.3) is 0 Å². The summed E-state index contributed by atoms with van der Waals surface area (Å²) in [5.41, 5.74) is 7.32. The summed E-state index contributed by atoms with van der Waals surface area (Å²) in [6.45, 7) is 13.4. The molecule has 2 aromatic rings. The SMILES string of the molecule is CCCCc1cccc(C(C)C)c1N=C=Nc1c(CCCC)cccc1C(C)C. The molecule has 2 aromatic carbocycles. The van der Waals surface area contributed by atoms with Crippen molar-refractivity contribution in [2.75, 3.05) is 0 Å². The Hall–Kier alpha value is -2.18. The van der Waals surface area contributed by atoms with E-state index in [1.807, 2.05) is 0 Å². The van der Waals surface area contributed by atoms with Gasteiger partial charge in [0.1, 0.15) is 6.01 Å². The molecule has 0 heterocycles. The number of benzene rings is 2. The molecule has 0 aliphatic carbocycles. The summed E-state index contributed by atoms with van der Waals surface area (Å²) in [7, 11) is 0. The summed E-state index contributed by atoms with van der Waals surface area (Å²) >= 11 is 0. The molecule has 0 N–H and O–H groups in total. The number of para-hydroxylation sites is 2. The van der Waals surface area contributed by atoms with E-state index >= 15 is 0 Å². The Kier molecular flexibility index (Phi) is 9.35. The molecule has 2 nitrogen and oxygen atoms in total. The Labute approximate surface area is 178 Å². The molecule has 0 spiro atoms. The minimum absolute atomic E-state index is 0.431. The van der Waals surface area contributed by atoms with Gasteiger partial charge in [-0.05, 0) is 59.8 Å². The lowest BCUT2D eigenvalue weighted by atomic mass is 9.95. The monoisotopic (exact) mass is 390 g/mol. The van der Waals surface area contributed by atoms with Gasteiger partial charge in [0.15, 0.2) is 0 Å². The van der Waals surface area contributed by atoms with Gasteiger partial charge in [-0.2, -0.15) is 9.98 Å². The van der Waals surface area contributed by atoms with Crippen LogP contribution in [0, 0.1) is 0 Å². The molecule has 0 fully saturated rings. The molecule has 0 saturated carbocycles. The summed E-state index contributed by atoms with van der Waals surface area (Å²) in [4.78, 5) is 9.56. The second-order valence-electron chi connectivity index (χ2n) is 8.55.